The van der Waals surface area contributed by atoms with Gasteiger partial charge in [0.1, 0.15) is 11.5 Å². The number of ether oxygens (including phenoxy) is 2. The summed E-state index contributed by atoms with van der Waals surface area (Å²) >= 11 is 0. The summed E-state index contributed by atoms with van der Waals surface area (Å²) in [5.74, 6) is 1.57. The molecule has 0 aromatic heterocycles. The first-order valence-electron chi connectivity index (χ1n) is 19.0. The Bertz CT molecular complexity index is 2410. The second-order valence-corrected chi connectivity index (χ2v) is 16.1. The fourth-order valence-electron chi connectivity index (χ4n) is 10.1. The van der Waals surface area contributed by atoms with Gasteiger partial charge in [-0.25, -0.2) is 0 Å². The molecule has 0 saturated carbocycles. The predicted octanol–water partition coefficient (Wildman–Crippen LogP) is 9.44. The SMILES string of the molecule is CC1(C)c2ccccc2N(CCO)C12C=Cc1cc3ccccc3c(-c3c4c(cc5ccccc35)C=CC3(O4)N(CCO)c4ccccc4C3(C)C)c1O2. The number of para-hydroxylation sites is 2. The van der Waals surface area contributed by atoms with Crippen LogP contribution in [-0.4, -0.2) is 48.0 Å². The predicted molar refractivity (Wildman–Crippen MR) is 219 cm³/mol. The van der Waals surface area contributed by atoms with Crippen LogP contribution in [0.2, 0.25) is 0 Å². The summed E-state index contributed by atoms with van der Waals surface area (Å²) in [6, 6.07) is 38.5. The summed E-state index contributed by atoms with van der Waals surface area (Å²) in [5, 5.41) is 25.3. The molecule has 0 fully saturated rings. The molecule has 0 radical (unpaired) electrons. The number of hydrogen-bond acceptors (Lipinski definition) is 6. The summed E-state index contributed by atoms with van der Waals surface area (Å²) in [7, 11) is 0. The van der Waals surface area contributed by atoms with E-state index in [-0.39, 0.29) is 13.2 Å². The molecule has 0 saturated heterocycles. The molecule has 2 atom stereocenters. The van der Waals surface area contributed by atoms with Gasteiger partial charge in [-0.2, -0.15) is 0 Å². The van der Waals surface area contributed by atoms with E-state index in [1.54, 1.807) is 0 Å². The second-order valence-electron chi connectivity index (χ2n) is 16.1. The van der Waals surface area contributed by atoms with Gasteiger partial charge >= 0.3 is 0 Å². The van der Waals surface area contributed by atoms with Gasteiger partial charge in [0.25, 0.3) is 0 Å². The molecular formula is C48H44N2O4. The van der Waals surface area contributed by atoms with E-state index >= 15 is 0 Å². The fraction of sp³-hybridized carbons (Fsp3) is 0.250. The fourth-order valence-corrected chi connectivity index (χ4v) is 10.1. The van der Waals surface area contributed by atoms with E-state index in [0.29, 0.717) is 13.1 Å². The van der Waals surface area contributed by atoms with E-state index in [0.717, 1.165) is 66.7 Å². The molecular weight excluding hydrogens is 669 g/mol. The van der Waals surface area contributed by atoms with E-state index in [9.17, 15) is 10.2 Å². The number of aliphatic hydroxyl groups excluding tert-OH is 2. The van der Waals surface area contributed by atoms with E-state index in [2.05, 4.69) is 171 Å². The van der Waals surface area contributed by atoms with Crippen molar-refractivity contribution in [3.8, 4) is 22.6 Å². The first-order chi connectivity index (χ1) is 26.2. The summed E-state index contributed by atoms with van der Waals surface area (Å²) in [4.78, 5) is 4.47. The normalized spacial score (nSPS) is 22.3. The van der Waals surface area contributed by atoms with Crippen molar-refractivity contribution in [3.05, 3.63) is 144 Å². The zero-order valence-electron chi connectivity index (χ0n) is 31.1. The Balaban J connectivity index is 1.27. The van der Waals surface area contributed by atoms with Gasteiger partial charge in [0.05, 0.1) is 24.0 Å². The van der Waals surface area contributed by atoms with Crippen LogP contribution in [-0.2, 0) is 10.8 Å². The lowest BCUT2D eigenvalue weighted by Gasteiger charge is -2.48. The van der Waals surface area contributed by atoms with Crippen molar-refractivity contribution in [2.45, 2.75) is 50.0 Å². The third-order valence-electron chi connectivity index (χ3n) is 12.8. The van der Waals surface area contributed by atoms with E-state index in [1.165, 1.54) is 11.1 Å². The maximum Gasteiger partial charge on any atom is 0.212 e. The highest BCUT2D eigenvalue weighted by Crippen LogP contribution is 2.60. The molecule has 6 aromatic rings. The number of anilines is 2. The van der Waals surface area contributed by atoms with Gasteiger partial charge in [0.2, 0.25) is 11.4 Å². The van der Waals surface area contributed by atoms with Crippen LogP contribution in [0, 0.1) is 0 Å². The summed E-state index contributed by atoms with van der Waals surface area (Å²) in [6.07, 6.45) is 8.82. The number of hydrogen-bond donors (Lipinski definition) is 2. The van der Waals surface area contributed by atoms with Crippen LogP contribution in [0.5, 0.6) is 11.5 Å². The van der Waals surface area contributed by atoms with Crippen molar-refractivity contribution < 1.29 is 19.7 Å². The van der Waals surface area contributed by atoms with E-state index < -0.39 is 22.3 Å². The number of aliphatic hydroxyl groups is 2. The largest absolute Gasteiger partial charge is 0.462 e. The first kappa shape index (κ1) is 33.0. The molecule has 54 heavy (non-hydrogen) atoms. The summed E-state index contributed by atoms with van der Waals surface area (Å²) in [6.45, 7) is 9.78. The third kappa shape index (κ3) is 4.13. The lowest BCUT2D eigenvalue weighted by atomic mass is 9.75. The molecule has 6 aromatic carbocycles. The maximum absolute atomic E-state index is 10.5. The van der Waals surface area contributed by atoms with Crippen LogP contribution in [0.25, 0.3) is 44.8 Å². The highest BCUT2D eigenvalue weighted by molar-refractivity contribution is 6.12. The van der Waals surface area contributed by atoms with Crippen molar-refractivity contribution in [1.82, 2.24) is 0 Å². The Hall–Kier alpha value is -5.56. The summed E-state index contributed by atoms with van der Waals surface area (Å²) < 4.78 is 15.3. The molecule has 4 aliphatic rings. The molecule has 6 nitrogen and oxygen atoms in total. The molecule has 0 aliphatic carbocycles. The van der Waals surface area contributed by atoms with Gasteiger partial charge in [-0.1, -0.05) is 84.9 Å². The van der Waals surface area contributed by atoms with Crippen LogP contribution < -0.4 is 19.3 Å². The number of rotatable bonds is 5. The van der Waals surface area contributed by atoms with Gasteiger partial charge < -0.3 is 29.5 Å². The minimum atomic E-state index is -0.913. The molecule has 6 heteroatoms. The minimum Gasteiger partial charge on any atom is -0.462 e. The quantitative estimate of drug-likeness (QED) is 0.186. The lowest BCUT2D eigenvalue weighted by Crippen LogP contribution is -2.60. The first-order valence-corrected chi connectivity index (χ1v) is 19.0. The highest BCUT2D eigenvalue weighted by Gasteiger charge is 2.60. The third-order valence-corrected chi connectivity index (χ3v) is 12.8. The van der Waals surface area contributed by atoms with Crippen LogP contribution >= 0.6 is 0 Å². The van der Waals surface area contributed by atoms with Crippen molar-refractivity contribution in [2.75, 3.05) is 36.1 Å². The number of β-amino-alcohol motifs (C(OH)–C–C–N with tert-alkyl or cyclic N) is 2. The average molecular weight is 713 g/mol. The number of benzene rings is 6. The Morgan fingerprint density at radius 1 is 0.519 bits per heavy atom. The van der Waals surface area contributed by atoms with Crippen molar-refractivity contribution in [1.29, 1.82) is 0 Å². The minimum absolute atomic E-state index is 0.0115. The van der Waals surface area contributed by atoms with Crippen LogP contribution in [0.15, 0.2) is 121 Å². The molecule has 4 heterocycles. The molecule has 10 rings (SSSR count). The number of fused-ring (bicyclic) bond motifs is 6. The molecule has 2 unspecified atom stereocenters. The molecule has 270 valence electrons. The lowest BCUT2D eigenvalue weighted by molar-refractivity contribution is 0.0493. The van der Waals surface area contributed by atoms with E-state index in [4.69, 9.17) is 9.47 Å². The van der Waals surface area contributed by atoms with Gasteiger partial charge in [-0.3, -0.25) is 0 Å². The van der Waals surface area contributed by atoms with Crippen molar-refractivity contribution in [3.63, 3.8) is 0 Å². The monoisotopic (exact) mass is 712 g/mol. The Kier molecular flexibility index (Phi) is 7.02. The second kappa shape index (κ2) is 11.5. The topological polar surface area (TPSA) is 65.4 Å². The Labute approximate surface area is 316 Å². The number of nitrogens with zero attached hydrogens (tertiary/aromatic N) is 2. The Morgan fingerprint density at radius 3 is 1.33 bits per heavy atom. The zero-order chi connectivity index (χ0) is 37.0. The van der Waals surface area contributed by atoms with Crippen molar-refractivity contribution >= 4 is 45.1 Å². The highest BCUT2D eigenvalue weighted by atomic mass is 16.5. The van der Waals surface area contributed by atoms with Gasteiger partial charge in [0.15, 0.2) is 0 Å². The average Bonchev–Trinajstić information content (AvgIpc) is 3.47. The smallest absolute Gasteiger partial charge is 0.212 e. The summed E-state index contributed by atoms with van der Waals surface area (Å²) in [5.41, 5.74) is 5.65. The standard InChI is InChI=1S/C48H44N2O4/c1-45(2)37-17-9-11-19-39(37)49(25-27-51)47(45)23-21-33-29-31-13-5-7-15-35(31)41(43(33)53-47)42-36-16-8-6-14-32(36)30-34-22-24-48(54-44(34)42)46(3,4)38-18-10-12-20-40(38)50(48)26-28-52/h5-24,29-30,51-52H,25-28H2,1-4H3. The molecule has 2 N–H and O–H groups in total. The molecule has 4 aliphatic heterocycles. The van der Waals surface area contributed by atoms with Crippen LogP contribution in [0.1, 0.15) is 49.9 Å². The van der Waals surface area contributed by atoms with E-state index in [1.807, 2.05) is 0 Å². The van der Waals surface area contributed by atoms with Crippen LogP contribution in [0.3, 0.4) is 0 Å². The van der Waals surface area contributed by atoms with Gasteiger partial charge in [-0.05, 0) is 109 Å². The molecule has 0 amide bonds. The van der Waals surface area contributed by atoms with Crippen molar-refractivity contribution in [2.24, 2.45) is 0 Å². The van der Waals surface area contributed by atoms with Crippen LogP contribution in [0.4, 0.5) is 11.4 Å². The van der Waals surface area contributed by atoms with Gasteiger partial charge in [-0.15, -0.1) is 0 Å². The zero-order valence-corrected chi connectivity index (χ0v) is 31.1. The van der Waals surface area contributed by atoms with Gasteiger partial charge in [0, 0.05) is 46.7 Å². The molecule has 2 spiro atoms. The maximum atomic E-state index is 10.5. The Morgan fingerprint density at radius 2 is 0.907 bits per heavy atom. The molecule has 0 bridgehead atoms.